The van der Waals surface area contributed by atoms with Crippen molar-refractivity contribution in [3.8, 4) is 0 Å². The van der Waals surface area contributed by atoms with Gasteiger partial charge in [0.15, 0.2) is 0 Å². The molecule has 0 aromatic carbocycles. The second-order valence-electron chi connectivity index (χ2n) is 0. The smallest absolute Gasteiger partial charge is 0 e. The van der Waals surface area contributed by atoms with Crippen LogP contribution in [0.4, 0.5) is 0 Å². The Morgan fingerprint density at radius 1 is 1.00 bits per heavy atom. The summed E-state index contributed by atoms with van der Waals surface area (Å²) >= 11 is 0. The Bertz CT molecular complexity index is 8.00. The topological polar surface area (TPSA) is 0 Å². The molecule has 0 saturated heterocycles. The fourth-order valence-corrected chi connectivity index (χ4v) is 0. The maximum absolute atomic E-state index is 0. The molecule has 0 aromatic heterocycles. The van der Waals surface area contributed by atoms with E-state index in [2.05, 4.69) is 0 Å². The summed E-state index contributed by atoms with van der Waals surface area (Å²) in [6.07, 6.45) is 0. The van der Waals surface area contributed by atoms with E-state index in [4.69, 9.17) is 0 Å². The van der Waals surface area contributed by atoms with Gasteiger partial charge in [-0.15, -0.1) is 0 Å². The van der Waals surface area contributed by atoms with Crippen LogP contribution >= 0.6 is 0 Å². The molecule has 9 radical (unpaired) electrons. The minimum atomic E-state index is 0. The summed E-state index contributed by atoms with van der Waals surface area (Å²) in [5.41, 5.74) is 0. The fourth-order valence-electron chi connectivity index (χ4n) is 0. The summed E-state index contributed by atoms with van der Waals surface area (Å²) in [5.74, 6) is 0. The normalized spacial score (nSPS) is 0. The van der Waals surface area contributed by atoms with Crippen molar-refractivity contribution >= 4 is 41.3 Å². The van der Waals surface area contributed by atoms with Gasteiger partial charge < -0.3 is 0 Å². The first-order valence-corrected chi connectivity index (χ1v) is 0. The molecular formula is AlAuCuSn. The Hall–Kier alpha value is 2.59. The van der Waals surface area contributed by atoms with E-state index in [1.165, 1.54) is 0 Å². The van der Waals surface area contributed by atoms with Gasteiger partial charge in [0.2, 0.25) is 0 Å². The molecule has 0 fully saturated rings. The van der Waals surface area contributed by atoms with Crippen LogP contribution in [-0.2, 0) is 39.4 Å². The Kier molecular flexibility index (Phi) is 135. The van der Waals surface area contributed by atoms with Gasteiger partial charge in [0.05, 0.1) is 0 Å². The van der Waals surface area contributed by atoms with E-state index in [-0.39, 0.29) is 80.7 Å². The molecule has 0 rings (SSSR count). The van der Waals surface area contributed by atoms with E-state index in [1.807, 2.05) is 0 Å². The van der Waals surface area contributed by atoms with E-state index in [9.17, 15) is 0 Å². The molecule has 0 aliphatic rings. The Labute approximate surface area is 79.5 Å². The maximum atomic E-state index is 0. The van der Waals surface area contributed by atoms with Crippen molar-refractivity contribution in [1.29, 1.82) is 0 Å². The summed E-state index contributed by atoms with van der Waals surface area (Å²) in [7, 11) is 0. The monoisotopic (exact) mass is 407 g/mol. The zero-order chi connectivity index (χ0) is 0. The third-order valence-corrected chi connectivity index (χ3v) is 0. The van der Waals surface area contributed by atoms with Crippen LogP contribution in [0.2, 0.25) is 0 Å². The molecule has 4 heavy (non-hydrogen) atoms. The van der Waals surface area contributed by atoms with Gasteiger partial charge >= 0.3 is 0 Å². The molecule has 29 valence electrons. The van der Waals surface area contributed by atoms with Crippen molar-refractivity contribution in [2.75, 3.05) is 0 Å². The molecule has 0 aliphatic heterocycles. The van der Waals surface area contributed by atoms with Crippen LogP contribution in [0.3, 0.4) is 0 Å². The molecule has 0 saturated carbocycles. The van der Waals surface area contributed by atoms with E-state index >= 15 is 0 Å². The van der Waals surface area contributed by atoms with Gasteiger partial charge in [-0.05, 0) is 0 Å². The maximum Gasteiger partial charge on any atom is 0 e. The molecule has 4 heteroatoms. The first-order chi connectivity index (χ1) is 0. The molecule has 0 unspecified atom stereocenters. The second kappa shape index (κ2) is 17.6. The largest absolute Gasteiger partial charge is 0 e. The molecule has 0 nitrogen and oxygen atoms in total. The van der Waals surface area contributed by atoms with Crippen LogP contribution < -0.4 is 0 Å². The summed E-state index contributed by atoms with van der Waals surface area (Å²) in [6, 6.07) is 0. The van der Waals surface area contributed by atoms with Gasteiger partial charge in [-0.1, -0.05) is 0 Å². The van der Waals surface area contributed by atoms with E-state index < -0.39 is 0 Å². The van der Waals surface area contributed by atoms with Crippen LogP contribution in [0.15, 0.2) is 0 Å². The summed E-state index contributed by atoms with van der Waals surface area (Å²) in [4.78, 5) is 0. The van der Waals surface area contributed by atoms with E-state index in [1.54, 1.807) is 0 Å². The molecule has 0 aromatic rings. The standard InChI is InChI=1S/Al.Au.Cu.Sn. The third-order valence-electron chi connectivity index (χ3n) is 0. The van der Waals surface area contributed by atoms with Crippen molar-refractivity contribution < 1.29 is 39.4 Å². The Balaban J connectivity index is 0. The first-order valence-electron chi connectivity index (χ1n) is 0. The van der Waals surface area contributed by atoms with Crippen LogP contribution in [0.5, 0.6) is 0 Å². The minimum Gasteiger partial charge on any atom is 0 e. The van der Waals surface area contributed by atoms with Crippen molar-refractivity contribution in [1.82, 2.24) is 0 Å². The average molecular weight is 406 g/mol. The van der Waals surface area contributed by atoms with Crippen molar-refractivity contribution in [3.05, 3.63) is 0 Å². The van der Waals surface area contributed by atoms with Crippen molar-refractivity contribution in [2.24, 2.45) is 0 Å². The molecule has 0 bridgehead atoms. The number of rotatable bonds is 0. The summed E-state index contributed by atoms with van der Waals surface area (Å²) in [6.45, 7) is 0. The predicted octanol–water partition coefficient (Wildman–Crippen LogP) is -0.767. The summed E-state index contributed by atoms with van der Waals surface area (Å²) < 4.78 is 0. The zero-order valence-electron chi connectivity index (χ0n) is 1.68. The van der Waals surface area contributed by atoms with Crippen LogP contribution in [0, 0.1) is 0 Å². The van der Waals surface area contributed by atoms with Crippen molar-refractivity contribution in [3.63, 3.8) is 0 Å². The molecule has 0 heterocycles. The molecular weight excluding hydrogens is 406 g/mol. The third kappa shape index (κ3) is 8.82. The van der Waals surface area contributed by atoms with Gasteiger partial charge in [-0.3, -0.25) is 0 Å². The van der Waals surface area contributed by atoms with E-state index in [0.717, 1.165) is 0 Å². The Morgan fingerprint density at radius 3 is 1.00 bits per heavy atom. The van der Waals surface area contributed by atoms with Gasteiger partial charge in [0, 0.05) is 80.7 Å². The molecule has 0 amide bonds. The minimum absolute atomic E-state index is 0. The molecule has 0 aliphatic carbocycles. The number of hydrogen-bond donors (Lipinski definition) is 0. The fraction of sp³-hybridized carbons (Fsp3) is 0. The average Bonchev–Trinajstić information content (AvgIpc) is 0. The van der Waals surface area contributed by atoms with E-state index in [0.29, 0.717) is 0 Å². The van der Waals surface area contributed by atoms with Crippen LogP contribution in [0.25, 0.3) is 0 Å². The van der Waals surface area contributed by atoms with Gasteiger partial charge in [0.1, 0.15) is 0 Å². The number of hydrogen-bond acceptors (Lipinski definition) is 0. The second-order valence-corrected chi connectivity index (χ2v) is 0. The zero-order valence-corrected chi connectivity index (χ0v) is 8.80. The molecule has 0 spiro atoms. The molecule has 0 N–H and O–H groups in total. The van der Waals surface area contributed by atoms with Gasteiger partial charge in [0.25, 0.3) is 0 Å². The van der Waals surface area contributed by atoms with Gasteiger partial charge in [-0.25, -0.2) is 0 Å². The van der Waals surface area contributed by atoms with Crippen LogP contribution in [-0.4, -0.2) is 41.3 Å². The quantitative estimate of drug-likeness (QED) is 0.464. The SMILES string of the molecule is [Al].[Au].[Cu].[Sn]. The van der Waals surface area contributed by atoms with Crippen molar-refractivity contribution in [2.45, 2.75) is 0 Å². The first kappa shape index (κ1) is 30.7. The molecule has 0 atom stereocenters. The van der Waals surface area contributed by atoms with Gasteiger partial charge in [-0.2, -0.15) is 0 Å². The summed E-state index contributed by atoms with van der Waals surface area (Å²) in [5, 5.41) is 0. The van der Waals surface area contributed by atoms with Crippen LogP contribution in [0.1, 0.15) is 0 Å². The Morgan fingerprint density at radius 2 is 1.00 bits per heavy atom. The predicted molar refractivity (Wildman–Crippen MR) is 11.5 cm³/mol.